The van der Waals surface area contributed by atoms with Crippen molar-refractivity contribution in [3.63, 3.8) is 0 Å². The van der Waals surface area contributed by atoms with Gasteiger partial charge in [-0.1, -0.05) is 28.4 Å². The fraction of sp³-hybridized carbons (Fsp3) is 0.208. The molecular weight excluding hydrogens is 527 g/mol. The van der Waals surface area contributed by atoms with Gasteiger partial charge in [-0.25, -0.2) is 8.42 Å². The second kappa shape index (κ2) is 9.96. The van der Waals surface area contributed by atoms with Crippen molar-refractivity contribution in [1.29, 1.82) is 0 Å². The lowest BCUT2D eigenvalue weighted by Gasteiger charge is -2.11. The first-order chi connectivity index (χ1) is 17.0. The molecule has 188 valence electrons. The molecule has 0 fully saturated rings. The molecule has 0 unspecified atom stereocenters. The van der Waals surface area contributed by atoms with Gasteiger partial charge in [-0.15, -0.1) is 0 Å². The number of hydrogen-bond donors (Lipinski definition) is 1. The number of nitrogens with zero attached hydrogens (tertiary/aromatic N) is 3. The van der Waals surface area contributed by atoms with E-state index in [1.165, 1.54) is 49.6 Å². The standard InChI is InChI=1S/C24H22Cl2N4O5S/c1-13-22(26)14(2)30(28-13)12-21-15(3)35-29-23(21)24(31)27-17-9-18(34-4)11-20(10-17)36(32,33)19-7-5-16(25)6-8-19/h5-11H,12H2,1-4H3,(H,27,31). The van der Waals surface area contributed by atoms with Gasteiger partial charge in [0.15, 0.2) is 5.69 Å². The number of halogens is 2. The minimum absolute atomic E-state index is 0.0427. The number of rotatable bonds is 7. The maximum absolute atomic E-state index is 13.2. The number of sulfone groups is 1. The first-order valence-corrected chi connectivity index (χ1v) is 12.9. The molecule has 1 N–H and O–H groups in total. The van der Waals surface area contributed by atoms with Gasteiger partial charge in [0.05, 0.1) is 39.9 Å². The van der Waals surface area contributed by atoms with Gasteiger partial charge < -0.3 is 14.6 Å². The van der Waals surface area contributed by atoms with Crippen LogP contribution in [0.15, 0.2) is 56.8 Å². The topological polar surface area (TPSA) is 116 Å². The van der Waals surface area contributed by atoms with Gasteiger partial charge in [0.1, 0.15) is 11.5 Å². The zero-order valence-electron chi connectivity index (χ0n) is 19.8. The van der Waals surface area contributed by atoms with Gasteiger partial charge in [0, 0.05) is 22.3 Å². The minimum atomic E-state index is -3.91. The molecule has 0 bridgehead atoms. The van der Waals surface area contributed by atoms with E-state index in [0.717, 1.165) is 5.69 Å². The van der Waals surface area contributed by atoms with E-state index in [1.807, 2.05) is 6.92 Å². The van der Waals surface area contributed by atoms with E-state index in [9.17, 15) is 13.2 Å². The molecule has 2 heterocycles. The summed E-state index contributed by atoms with van der Waals surface area (Å²) in [4.78, 5) is 13.2. The maximum Gasteiger partial charge on any atom is 0.278 e. The summed E-state index contributed by atoms with van der Waals surface area (Å²) in [6.45, 7) is 5.52. The third kappa shape index (κ3) is 4.97. The molecule has 1 amide bonds. The lowest BCUT2D eigenvalue weighted by Crippen LogP contribution is -2.17. The zero-order valence-corrected chi connectivity index (χ0v) is 22.1. The second-order valence-electron chi connectivity index (χ2n) is 8.02. The van der Waals surface area contributed by atoms with Crippen molar-refractivity contribution >= 4 is 44.6 Å². The van der Waals surface area contributed by atoms with Gasteiger partial charge in [0.25, 0.3) is 5.91 Å². The lowest BCUT2D eigenvalue weighted by molar-refractivity contribution is 0.101. The molecule has 0 radical (unpaired) electrons. The Balaban J connectivity index is 1.66. The Bertz CT molecular complexity index is 1560. The Labute approximate surface area is 217 Å². The highest BCUT2D eigenvalue weighted by Crippen LogP contribution is 2.30. The van der Waals surface area contributed by atoms with Gasteiger partial charge in [-0.05, 0) is 57.2 Å². The average Bonchev–Trinajstić information content (AvgIpc) is 3.33. The van der Waals surface area contributed by atoms with Crippen LogP contribution in [0.3, 0.4) is 0 Å². The number of carbonyl (C=O) groups excluding carboxylic acids is 1. The molecule has 0 aliphatic heterocycles. The fourth-order valence-corrected chi connectivity index (χ4v) is 5.17. The first kappa shape index (κ1) is 25.7. The van der Waals surface area contributed by atoms with Crippen LogP contribution in [0, 0.1) is 20.8 Å². The van der Waals surface area contributed by atoms with Crippen LogP contribution in [0.1, 0.15) is 33.2 Å². The van der Waals surface area contributed by atoms with Gasteiger partial charge in [0.2, 0.25) is 9.84 Å². The van der Waals surface area contributed by atoms with E-state index in [4.69, 9.17) is 32.5 Å². The molecule has 0 aliphatic rings. The van der Waals surface area contributed by atoms with Crippen molar-refractivity contribution in [2.45, 2.75) is 37.1 Å². The van der Waals surface area contributed by atoms with E-state index in [1.54, 1.807) is 18.5 Å². The Morgan fingerprint density at radius 2 is 1.78 bits per heavy atom. The van der Waals surface area contributed by atoms with Crippen LogP contribution in [0.25, 0.3) is 0 Å². The molecule has 2 aromatic heterocycles. The monoisotopic (exact) mass is 548 g/mol. The second-order valence-corrected chi connectivity index (χ2v) is 10.8. The quantitative estimate of drug-likeness (QED) is 0.335. The summed E-state index contributed by atoms with van der Waals surface area (Å²) in [7, 11) is -2.51. The highest BCUT2D eigenvalue weighted by Gasteiger charge is 2.24. The molecule has 2 aromatic carbocycles. The molecule has 12 heteroatoms. The van der Waals surface area contributed by atoms with Crippen LogP contribution in [0.2, 0.25) is 10.0 Å². The summed E-state index contributed by atoms with van der Waals surface area (Å²) in [5.41, 5.74) is 2.17. The van der Waals surface area contributed by atoms with Crippen molar-refractivity contribution in [2.24, 2.45) is 0 Å². The summed E-state index contributed by atoms with van der Waals surface area (Å²) >= 11 is 12.1. The molecule has 0 atom stereocenters. The largest absolute Gasteiger partial charge is 0.497 e. The van der Waals surface area contributed by atoms with Crippen LogP contribution < -0.4 is 10.1 Å². The van der Waals surface area contributed by atoms with E-state index in [2.05, 4.69) is 15.6 Å². The van der Waals surface area contributed by atoms with Crippen molar-refractivity contribution in [3.8, 4) is 5.75 Å². The fourth-order valence-electron chi connectivity index (χ4n) is 3.59. The highest BCUT2D eigenvalue weighted by atomic mass is 35.5. The van der Waals surface area contributed by atoms with Gasteiger partial charge in [-0.2, -0.15) is 5.10 Å². The van der Waals surface area contributed by atoms with Crippen molar-refractivity contribution < 1.29 is 22.5 Å². The number of carbonyl (C=O) groups is 1. The van der Waals surface area contributed by atoms with Crippen LogP contribution in [-0.2, 0) is 16.4 Å². The third-order valence-electron chi connectivity index (χ3n) is 5.61. The number of ether oxygens (including phenoxy) is 1. The van der Waals surface area contributed by atoms with E-state index < -0.39 is 15.7 Å². The van der Waals surface area contributed by atoms with E-state index >= 15 is 0 Å². The average molecular weight is 549 g/mol. The van der Waals surface area contributed by atoms with Crippen LogP contribution in [0.4, 0.5) is 5.69 Å². The molecule has 0 aliphatic carbocycles. The van der Waals surface area contributed by atoms with Gasteiger partial charge in [-0.3, -0.25) is 9.48 Å². The van der Waals surface area contributed by atoms with Crippen LogP contribution in [-0.4, -0.2) is 36.4 Å². The molecule has 4 aromatic rings. The predicted octanol–water partition coefficient (Wildman–Crippen LogP) is 5.25. The SMILES string of the molecule is COc1cc(NC(=O)c2noc(C)c2Cn2nc(C)c(Cl)c2C)cc(S(=O)(=O)c2ccc(Cl)cc2)c1. The minimum Gasteiger partial charge on any atom is -0.497 e. The molecule has 0 saturated carbocycles. The van der Waals surface area contributed by atoms with E-state index in [-0.39, 0.29) is 33.5 Å². The molecule has 4 rings (SSSR count). The molecule has 0 saturated heterocycles. The van der Waals surface area contributed by atoms with Crippen molar-refractivity contribution in [3.05, 3.63) is 80.9 Å². The number of amides is 1. The first-order valence-electron chi connectivity index (χ1n) is 10.7. The Kier molecular flexibility index (Phi) is 7.12. The number of aryl methyl sites for hydroxylation is 2. The number of aromatic nitrogens is 3. The van der Waals surface area contributed by atoms with Crippen LogP contribution in [0.5, 0.6) is 5.75 Å². The van der Waals surface area contributed by atoms with Crippen molar-refractivity contribution in [1.82, 2.24) is 14.9 Å². The number of anilines is 1. The van der Waals surface area contributed by atoms with Crippen molar-refractivity contribution in [2.75, 3.05) is 12.4 Å². The highest BCUT2D eigenvalue weighted by molar-refractivity contribution is 7.91. The Morgan fingerprint density at radius 3 is 2.39 bits per heavy atom. The summed E-state index contributed by atoms with van der Waals surface area (Å²) in [6.07, 6.45) is 0. The van der Waals surface area contributed by atoms with Crippen LogP contribution >= 0.6 is 23.2 Å². The summed E-state index contributed by atoms with van der Waals surface area (Å²) in [5.74, 6) is 0.104. The maximum atomic E-state index is 13.2. The summed E-state index contributed by atoms with van der Waals surface area (Å²) in [5, 5.41) is 12.0. The molecular formula is C24H22Cl2N4O5S. The smallest absolute Gasteiger partial charge is 0.278 e. The third-order valence-corrected chi connectivity index (χ3v) is 8.16. The number of nitrogens with one attached hydrogen (secondary N) is 1. The number of methoxy groups -OCH3 is 1. The molecule has 36 heavy (non-hydrogen) atoms. The normalized spacial score (nSPS) is 11.5. The van der Waals surface area contributed by atoms with E-state index in [0.29, 0.717) is 27.1 Å². The molecule has 0 spiro atoms. The lowest BCUT2D eigenvalue weighted by atomic mass is 10.1. The summed E-state index contributed by atoms with van der Waals surface area (Å²) < 4.78 is 38.6. The molecule has 9 nitrogen and oxygen atoms in total. The zero-order chi connectivity index (χ0) is 26.2. The number of benzene rings is 2. The number of hydrogen-bond acceptors (Lipinski definition) is 7. The Morgan fingerprint density at radius 1 is 1.08 bits per heavy atom. The van der Waals surface area contributed by atoms with Gasteiger partial charge >= 0.3 is 0 Å². The predicted molar refractivity (Wildman–Crippen MR) is 135 cm³/mol. The summed E-state index contributed by atoms with van der Waals surface area (Å²) in [6, 6.07) is 10.0. The Hall–Kier alpha value is -3.34.